The zero-order chi connectivity index (χ0) is 10.1. The SMILES string of the molecule is CSc1csc2c(N)ccc(CBr)c12. The van der Waals surface area contributed by atoms with Gasteiger partial charge in [0.1, 0.15) is 0 Å². The van der Waals surface area contributed by atoms with Crippen LogP contribution in [0.3, 0.4) is 0 Å². The van der Waals surface area contributed by atoms with Gasteiger partial charge in [-0.25, -0.2) is 0 Å². The first-order valence-electron chi connectivity index (χ1n) is 4.16. The summed E-state index contributed by atoms with van der Waals surface area (Å²) in [5, 5.41) is 4.38. The molecule has 0 radical (unpaired) electrons. The van der Waals surface area contributed by atoms with Crippen LogP contribution in [0.1, 0.15) is 5.56 Å². The average molecular weight is 288 g/mol. The number of alkyl halides is 1. The van der Waals surface area contributed by atoms with Gasteiger partial charge in [0, 0.05) is 26.7 Å². The van der Waals surface area contributed by atoms with Crippen molar-refractivity contribution in [2.75, 3.05) is 12.0 Å². The van der Waals surface area contributed by atoms with Crippen molar-refractivity contribution in [3.8, 4) is 0 Å². The molecule has 0 fully saturated rings. The number of benzene rings is 1. The molecule has 0 saturated heterocycles. The molecule has 1 nitrogen and oxygen atoms in total. The van der Waals surface area contributed by atoms with Gasteiger partial charge < -0.3 is 5.73 Å². The summed E-state index contributed by atoms with van der Waals surface area (Å²) >= 11 is 7.01. The van der Waals surface area contributed by atoms with Crippen molar-refractivity contribution in [1.29, 1.82) is 0 Å². The molecule has 0 atom stereocenters. The van der Waals surface area contributed by atoms with Gasteiger partial charge >= 0.3 is 0 Å². The minimum Gasteiger partial charge on any atom is -0.398 e. The Morgan fingerprint density at radius 3 is 2.93 bits per heavy atom. The van der Waals surface area contributed by atoms with Gasteiger partial charge in [-0.2, -0.15) is 0 Å². The Morgan fingerprint density at radius 1 is 1.50 bits per heavy atom. The molecule has 2 N–H and O–H groups in total. The average Bonchev–Trinajstić information content (AvgIpc) is 2.63. The molecule has 0 aliphatic rings. The third-order valence-electron chi connectivity index (χ3n) is 2.17. The van der Waals surface area contributed by atoms with E-state index in [4.69, 9.17) is 5.73 Å². The molecule has 0 aliphatic heterocycles. The van der Waals surface area contributed by atoms with Crippen molar-refractivity contribution in [2.45, 2.75) is 10.2 Å². The molecule has 4 heteroatoms. The molecule has 2 aromatic rings. The van der Waals surface area contributed by atoms with Crippen LogP contribution in [0.2, 0.25) is 0 Å². The molecule has 0 unspecified atom stereocenters. The summed E-state index contributed by atoms with van der Waals surface area (Å²) in [7, 11) is 0. The quantitative estimate of drug-likeness (QED) is 0.511. The Hall–Kier alpha value is -0.190. The normalized spacial score (nSPS) is 11.0. The van der Waals surface area contributed by atoms with Gasteiger partial charge in [0.15, 0.2) is 0 Å². The lowest BCUT2D eigenvalue weighted by Crippen LogP contribution is -1.87. The Balaban J connectivity index is 2.82. The maximum absolute atomic E-state index is 5.93. The monoisotopic (exact) mass is 287 g/mol. The lowest BCUT2D eigenvalue weighted by Gasteiger charge is -2.03. The molecule has 1 heterocycles. The fourth-order valence-corrected chi connectivity index (χ4v) is 3.87. The highest BCUT2D eigenvalue weighted by Crippen LogP contribution is 2.38. The Morgan fingerprint density at radius 2 is 2.29 bits per heavy atom. The topological polar surface area (TPSA) is 26.0 Å². The van der Waals surface area contributed by atoms with Crippen LogP contribution >= 0.6 is 39.0 Å². The van der Waals surface area contributed by atoms with Crippen molar-refractivity contribution in [3.63, 3.8) is 0 Å². The number of nitrogens with two attached hydrogens (primary N) is 1. The van der Waals surface area contributed by atoms with Crippen molar-refractivity contribution in [1.82, 2.24) is 0 Å². The number of anilines is 1. The van der Waals surface area contributed by atoms with Crippen molar-refractivity contribution in [2.24, 2.45) is 0 Å². The lowest BCUT2D eigenvalue weighted by molar-refractivity contribution is 1.47. The first-order valence-corrected chi connectivity index (χ1v) is 7.39. The van der Waals surface area contributed by atoms with E-state index in [1.54, 1.807) is 23.1 Å². The van der Waals surface area contributed by atoms with E-state index in [-0.39, 0.29) is 0 Å². The van der Waals surface area contributed by atoms with Gasteiger partial charge in [-0.3, -0.25) is 0 Å². The van der Waals surface area contributed by atoms with E-state index < -0.39 is 0 Å². The molecule has 0 aliphatic carbocycles. The zero-order valence-corrected chi connectivity index (χ0v) is 10.9. The Kier molecular flexibility index (Phi) is 3.04. The highest BCUT2D eigenvalue weighted by molar-refractivity contribution is 9.08. The third kappa shape index (κ3) is 1.55. The fraction of sp³-hybridized carbons (Fsp3) is 0.200. The summed E-state index contributed by atoms with van der Waals surface area (Å²) in [5.41, 5.74) is 8.14. The highest BCUT2D eigenvalue weighted by Gasteiger charge is 2.09. The van der Waals surface area contributed by atoms with E-state index in [9.17, 15) is 0 Å². The van der Waals surface area contributed by atoms with Crippen LogP contribution in [0.5, 0.6) is 0 Å². The highest BCUT2D eigenvalue weighted by atomic mass is 79.9. The smallest absolute Gasteiger partial charge is 0.0586 e. The second-order valence-corrected chi connectivity index (χ2v) is 5.24. The van der Waals surface area contributed by atoms with Crippen LogP contribution < -0.4 is 5.73 Å². The molecule has 0 bridgehead atoms. The first kappa shape index (κ1) is 10.3. The van der Waals surface area contributed by atoms with E-state index >= 15 is 0 Å². The van der Waals surface area contributed by atoms with Gasteiger partial charge in [0.25, 0.3) is 0 Å². The summed E-state index contributed by atoms with van der Waals surface area (Å²) < 4.78 is 1.21. The number of halogens is 1. The molecule has 0 saturated carbocycles. The summed E-state index contributed by atoms with van der Waals surface area (Å²) in [4.78, 5) is 1.33. The first-order chi connectivity index (χ1) is 6.77. The van der Waals surface area contributed by atoms with Gasteiger partial charge in [-0.05, 0) is 17.9 Å². The fourth-order valence-electron chi connectivity index (χ4n) is 1.47. The summed E-state index contributed by atoms with van der Waals surface area (Å²) in [6, 6.07) is 4.08. The van der Waals surface area contributed by atoms with Gasteiger partial charge in [0.05, 0.1) is 4.70 Å². The molecule has 1 aromatic heterocycles. The molecule has 0 amide bonds. The predicted molar refractivity (Wildman–Crippen MR) is 70.6 cm³/mol. The molecule has 2 rings (SSSR count). The van der Waals surface area contributed by atoms with Gasteiger partial charge in [-0.15, -0.1) is 23.1 Å². The molecule has 14 heavy (non-hydrogen) atoms. The second-order valence-electron chi connectivity index (χ2n) is 2.96. The summed E-state index contributed by atoms with van der Waals surface area (Å²) in [6.45, 7) is 0. The van der Waals surface area contributed by atoms with Crippen molar-refractivity contribution in [3.05, 3.63) is 23.1 Å². The molecular formula is C10H10BrNS2. The lowest BCUT2D eigenvalue weighted by atomic mass is 10.1. The van der Waals surface area contributed by atoms with Gasteiger partial charge in [-0.1, -0.05) is 22.0 Å². The minimum atomic E-state index is 0.883. The summed E-state index contributed by atoms with van der Waals surface area (Å²) in [5.74, 6) is 0. The number of thioether (sulfide) groups is 1. The summed E-state index contributed by atoms with van der Waals surface area (Å²) in [6.07, 6.45) is 2.10. The maximum Gasteiger partial charge on any atom is 0.0586 e. The van der Waals surface area contributed by atoms with E-state index in [1.807, 2.05) is 6.07 Å². The van der Waals surface area contributed by atoms with Gasteiger partial charge in [0.2, 0.25) is 0 Å². The molecule has 74 valence electrons. The van der Waals surface area contributed by atoms with E-state index in [0.717, 1.165) is 11.0 Å². The number of hydrogen-bond acceptors (Lipinski definition) is 3. The van der Waals surface area contributed by atoms with Crippen LogP contribution in [0.4, 0.5) is 5.69 Å². The van der Waals surface area contributed by atoms with Crippen LogP contribution in [0, 0.1) is 0 Å². The van der Waals surface area contributed by atoms with E-state index in [0.29, 0.717) is 0 Å². The molecule has 1 aromatic carbocycles. The van der Waals surface area contributed by atoms with Crippen molar-refractivity contribution < 1.29 is 0 Å². The van der Waals surface area contributed by atoms with E-state index in [1.165, 1.54) is 20.5 Å². The minimum absolute atomic E-state index is 0.883. The Bertz CT molecular complexity index is 464. The van der Waals surface area contributed by atoms with Crippen LogP contribution in [-0.4, -0.2) is 6.26 Å². The van der Waals surface area contributed by atoms with Crippen LogP contribution in [-0.2, 0) is 5.33 Å². The standard InChI is InChI=1S/C10H10BrNS2/c1-13-8-5-14-10-7(12)3-2-6(4-11)9(8)10/h2-3,5H,4,12H2,1H3. The maximum atomic E-state index is 5.93. The molecule has 0 spiro atoms. The van der Waals surface area contributed by atoms with Crippen molar-refractivity contribution >= 4 is 54.8 Å². The number of rotatable bonds is 2. The van der Waals surface area contributed by atoms with Crippen LogP contribution in [0.15, 0.2) is 22.4 Å². The van der Waals surface area contributed by atoms with E-state index in [2.05, 4.69) is 33.6 Å². The second kappa shape index (κ2) is 4.13. The molecular weight excluding hydrogens is 278 g/mol. The number of hydrogen-bond donors (Lipinski definition) is 1. The van der Waals surface area contributed by atoms with Crippen LogP contribution in [0.25, 0.3) is 10.1 Å². The third-order valence-corrected chi connectivity index (χ3v) is 4.71. The largest absolute Gasteiger partial charge is 0.398 e. The predicted octanol–water partition coefficient (Wildman–Crippen LogP) is 4.10. The number of thiophene rings is 1. The number of fused-ring (bicyclic) bond motifs is 1. The zero-order valence-electron chi connectivity index (χ0n) is 7.71. The Labute approximate surface area is 99.8 Å². The number of nitrogen functional groups attached to an aromatic ring is 1.